The standard InChI is InChI=1S/C21H40/c1-3-7-11-15-20(16-12-8-4-1)19-21-17-13-9-5-2-6-10-14-18-21/h20-21H,1-19H2. The van der Waals surface area contributed by atoms with E-state index in [1.807, 2.05) is 0 Å². The fourth-order valence-electron chi connectivity index (χ4n) is 4.73. The SMILES string of the molecule is C1CCCCC(CC2CCCCCCCCC2)CCCC1. The molecule has 0 unspecified atom stereocenters. The maximum atomic E-state index is 1.58. The first-order valence-electron chi connectivity index (χ1n) is 10.4. The zero-order valence-electron chi connectivity index (χ0n) is 14.6. The average Bonchev–Trinajstić information content (AvgIpc) is 2.52. The lowest BCUT2D eigenvalue weighted by Crippen LogP contribution is -2.11. The number of rotatable bonds is 2. The van der Waals surface area contributed by atoms with Crippen LogP contribution >= 0.6 is 0 Å². The molecule has 0 nitrogen and oxygen atoms in total. The Morgan fingerprint density at radius 3 is 0.857 bits per heavy atom. The molecular weight excluding hydrogens is 252 g/mol. The van der Waals surface area contributed by atoms with E-state index < -0.39 is 0 Å². The summed E-state index contributed by atoms with van der Waals surface area (Å²) < 4.78 is 0. The summed E-state index contributed by atoms with van der Waals surface area (Å²) in [6.07, 6.45) is 29.0. The molecule has 0 heterocycles. The van der Waals surface area contributed by atoms with Crippen LogP contribution in [0.3, 0.4) is 0 Å². The number of hydrogen-bond acceptors (Lipinski definition) is 0. The Morgan fingerprint density at radius 2 is 0.571 bits per heavy atom. The van der Waals surface area contributed by atoms with Crippen LogP contribution in [-0.2, 0) is 0 Å². The van der Waals surface area contributed by atoms with Crippen molar-refractivity contribution in [2.24, 2.45) is 11.8 Å². The normalized spacial score (nSPS) is 26.3. The minimum atomic E-state index is 1.08. The summed E-state index contributed by atoms with van der Waals surface area (Å²) in [4.78, 5) is 0. The Kier molecular flexibility index (Phi) is 9.55. The first kappa shape index (κ1) is 17.4. The molecule has 21 heavy (non-hydrogen) atoms. The molecule has 0 spiro atoms. The summed E-state index contributed by atoms with van der Waals surface area (Å²) in [5.41, 5.74) is 0. The summed E-state index contributed by atoms with van der Waals surface area (Å²) in [6, 6.07) is 0. The molecule has 2 fully saturated rings. The molecule has 0 radical (unpaired) electrons. The molecule has 2 aliphatic rings. The van der Waals surface area contributed by atoms with E-state index in [0.717, 1.165) is 11.8 Å². The van der Waals surface area contributed by atoms with Gasteiger partial charge in [-0.2, -0.15) is 0 Å². The van der Waals surface area contributed by atoms with Crippen LogP contribution in [-0.4, -0.2) is 0 Å². The van der Waals surface area contributed by atoms with Gasteiger partial charge in [-0.05, 0) is 18.3 Å². The van der Waals surface area contributed by atoms with Gasteiger partial charge in [0, 0.05) is 0 Å². The van der Waals surface area contributed by atoms with Crippen molar-refractivity contribution in [3.8, 4) is 0 Å². The Labute approximate surface area is 134 Å². The maximum absolute atomic E-state index is 1.58. The lowest BCUT2D eigenvalue weighted by molar-refractivity contribution is 0.275. The third-order valence-electron chi connectivity index (χ3n) is 6.12. The Balaban J connectivity index is 1.74. The van der Waals surface area contributed by atoms with E-state index in [2.05, 4.69) is 0 Å². The van der Waals surface area contributed by atoms with Gasteiger partial charge in [-0.1, -0.05) is 116 Å². The van der Waals surface area contributed by atoms with Gasteiger partial charge in [-0.15, -0.1) is 0 Å². The molecule has 2 aliphatic carbocycles. The summed E-state index contributed by atoms with van der Waals surface area (Å²) in [6.45, 7) is 0. The van der Waals surface area contributed by atoms with Crippen molar-refractivity contribution in [2.75, 3.05) is 0 Å². The van der Waals surface area contributed by atoms with Crippen LogP contribution < -0.4 is 0 Å². The van der Waals surface area contributed by atoms with Gasteiger partial charge in [0.25, 0.3) is 0 Å². The molecule has 0 bridgehead atoms. The fourth-order valence-corrected chi connectivity index (χ4v) is 4.73. The van der Waals surface area contributed by atoms with E-state index in [-0.39, 0.29) is 0 Å². The van der Waals surface area contributed by atoms with Gasteiger partial charge < -0.3 is 0 Å². The van der Waals surface area contributed by atoms with Crippen LogP contribution in [0, 0.1) is 11.8 Å². The van der Waals surface area contributed by atoms with E-state index >= 15 is 0 Å². The Morgan fingerprint density at radius 1 is 0.333 bits per heavy atom. The minimum Gasteiger partial charge on any atom is -0.0533 e. The highest BCUT2D eigenvalue weighted by atomic mass is 14.2. The molecule has 0 aliphatic heterocycles. The predicted octanol–water partition coefficient (Wildman–Crippen LogP) is 7.66. The van der Waals surface area contributed by atoms with Crippen molar-refractivity contribution in [1.82, 2.24) is 0 Å². The third-order valence-corrected chi connectivity index (χ3v) is 6.12. The van der Waals surface area contributed by atoms with E-state index in [4.69, 9.17) is 0 Å². The molecule has 0 saturated heterocycles. The van der Waals surface area contributed by atoms with Gasteiger partial charge in [-0.3, -0.25) is 0 Å². The molecular formula is C21H40. The molecule has 0 N–H and O–H groups in total. The monoisotopic (exact) mass is 292 g/mol. The first-order chi connectivity index (χ1) is 10.4. The highest BCUT2D eigenvalue weighted by Crippen LogP contribution is 2.32. The highest BCUT2D eigenvalue weighted by Gasteiger charge is 2.17. The molecule has 0 heteroatoms. The summed E-state index contributed by atoms with van der Waals surface area (Å²) in [5, 5.41) is 0. The third kappa shape index (κ3) is 8.27. The van der Waals surface area contributed by atoms with Crippen LogP contribution in [0.5, 0.6) is 0 Å². The van der Waals surface area contributed by atoms with Gasteiger partial charge in [0.05, 0.1) is 0 Å². The smallest absolute Gasteiger partial charge is 0.0412 e. The molecule has 0 amide bonds. The summed E-state index contributed by atoms with van der Waals surface area (Å²) >= 11 is 0. The maximum Gasteiger partial charge on any atom is -0.0412 e. The summed E-state index contributed by atoms with van der Waals surface area (Å²) in [7, 11) is 0. The lowest BCUT2D eigenvalue weighted by atomic mass is 9.81. The van der Waals surface area contributed by atoms with Gasteiger partial charge >= 0.3 is 0 Å². The second-order valence-corrected chi connectivity index (χ2v) is 8.07. The van der Waals surface area contributed by atoms with Gasteiger partial charge in [-0.25, -0.2) is 0 Å². The molecule has 2 rings (SSSR count). The van der Waals surface area contributed by atoms with E-state index in [1.54, 1.807) is 32.1 Å². The van der Waals surface area contributed by atoms with E-state index in [1.165, 1.54) is 89.9 Å². The highest BCUT2D eigenvalue weighted by molar-refractivity contribution is 4.70. The minimum absolute atomic E-state index is 1.08. The molecule has 0 aromatic carbocycles. The van der Waals surface area contributed by atoms with Gasteiger partial charge in [0.15, 0.2) is 0 Å². The number of hydrogen-bond donors (Lipinski definition) is 0. The first-order valence-corrected chi connectivity index (χ1v) is 10.4. The van der Waals surface area contributed by atoms with Crippen LogP contribution in [0.25, 0.3) is 0 Å². The second-order valence-electron chi connectivity index (χ2n) is 8.07. The van der Waals surface area contributed by atoms with Crippen LogP contribution in [0.15, 0.2) is 0 Å². The average molecular weight is 293 g/mol. The van der Waals surface area contributed by atoms with Gasteiger partial charge in [0.1, 0.15) is 0 Å². The Bertz CT molecular complexity index is 188. The van der Waals surface area contributed by atoms with Crippen molar-refractivity contribution < 1.29 is 0 Å². The molecule has 0 aromatic heterocycles. The topological polar surface area (TPSA) is 0 Å². The molecule has 124 valence electrons. The largest absolute Gasteiger partial charge is 0.0533 e. The van der Waals surface area contributed by atoms with Crippen molar-refractivity contribution in [3.05, 3.63) is 0 Å². The zero-order valence-corrected chi connectivity index (χ0v) is 14.6. The zero-order chi connectivity index (χ0) is 14.6. The van der Waals surface area contributed by atoms with E-state index in [0.29, 0.717) is 0 Å². The lowest BCUT2D eigenvalue weighted by Gasteiger charge is -2.25. The second kappa shape index (κ2) is 11.6. The van der Waals surface area contributed by atoms with Crippen molar-refractivity contribution >= 4 is 0 Å². The van der Waals surface area contributed by atoms with Crippen LogP contribution in [0.2, 0.25) is 0 Å². The fraction of sp³-hybridized carbons (Fsp3) is 1.00. The van der Waals surface area contributed by atoms with Crippen LogP contribution in [0.1, 0.15) is 122 Å². The van der Waals surface area contributed by atoms with Gasteiger partial charge in [0.2, 0.25) is 0 Å². The molecule has 0 atom stereocenters. The quantitative estimate of drug-likeness (QED) is 0.490. The predicted molar refractivity (Wildman–Crippen MR) is 94.7 cm³/mol. The summed E-state index contributed by atoms with van der Waals surface area (Å²) in [5.74, 6) is 2.16. The van der Waals surface area contributed by atoms with Crippen molar-refractivity contribution in [2.45, 2.75) is 122 Å². The molecule has 0 aromatic rings. The van der Waals surface area contributed by atoms with Crippen molar-refractivity contribution in [1.29, 1.82) is 0 Å². The Hall–Kier alpha value is 0. The van der Waals surface area contributed by atoms with Crippen LogP contribution in [0.4, 0.5) is 0 Å². The van der Waals surface area contributed by atoms with Crippen molar-refractivity contribution in [3.63, 3.8) is 0 Å². The molecule has 2 saturated carbocycles. The van der Waals surface area contributed by atoms with E-state index in [9.17, 15) is 0 Å².